The van der Waals surface area contributed by atoms with E-state index in [4.69, 9.17) is 8.92 Å². The second-order valence-corrected chi connectivity index (χ2v) is 8.16. The first-order chi connectivity index (χ1) is 13.4. The Morgan fingerprint density at radius 2 is 1.93 bits per heavy atom. The minimum absolute atomic E-state index is 0.145. The molecule has 3 rings (SSSR count). The first kappa shape index (κ1) is 20.0. The highest BCUT2D eigenvalue weighted by Crippen LogP contribution is 2.24. The lowest BCUT2D eigenvalue weighted by Crippen LogP contribution is -2.35. The molecule has 2 atom stereocenters. The molecule has 1 fully saturated rings. The summed E-state index contributed by atoms with van der Waals surface area (Å²) in [6.45, 7) is 0.292. The van der Waals surface area contributed by atoms with Gasteiger partial charge >= 0.3 is 6.09 Å². The number of carbonyl (C=O) groups excluding carboxylic acids is 1. The third kappa shape index (κ3) is 5.90. The van der Waals surface area contributed by atoms with E-state index in [0.29, 0.717) is 6.42 Å². The monoisotopic (exact) mass is 402 g/mol. The molecule has 1 aromatic heterocycles. The summed E-state index contributed by atoms with van der Waals surface area (Å²) in [6, 6.07) is 12.7. The molecule has 2 heterocycles. The lowest BCUT2D eigenvalue weighted by atomic mass is 10.1. The maximum absolute atomic E-state index is 12.6. The number of carbonyl (C=O) groups is 1. The molecule has 1 aromatic carbocycles. The fourth-order valence-corrected chi connectivity index (χ4v) is 3.67. The molecular formula is C20H22N2O5S. The molecule has 1 saturated heterocycles. The number of hydrogen-bond acceptors (Lipinski definition) is 6. The van der Waals surface area contributed by atoms with Crippen LogP contribution in [0.5, 0.6) is 0 Å². The van der Waals surface area contributed by atoms with Gasteiger partial charge in [-0.25, -0.2) is 4.79 Å². The van der Waals surface area contributed by atoms with Crippen LogP contribution >= 0.6 is 0 Å². The van der Waals surface area contributed by atoms with E-state index in [0.717, 1.165) is 17.4 Å². The highest BCUT2D eigenvalue weighted by molar-refractivity contribution is 7.86. The number of nitrogens with zero attached hydrogens (tertiary/aromatic N) is 2. The van der Waals surface area contributed by atoms with Crippen molar-refractivity contribution < 1.29 is 22.1 Å². The Labute approximate surface area is 164 Å². The van der Waals surface area contributed by atoms with E-state index in [1.807, 2.05) is 54.6 Å². The van der Waals surface area contributed by atoms with Crippen LogP contribution in [0.15, 0.2) is 60.9 Å². The number of ether oxygens (including phenoxy) is 1. The smallest absolute Gasteiger partial charge is 0.410 e. The first-order valence-corrected chi connectivity index (χ1v) is 10.7. The van der Waals surface area contributed by atoms with Crippen LogP contribution < -0.4 is 0 Å². The maximum atomic E-state index is 12.6. The van der Waals surface area contributed by atoms with Crippen molar-refractivity contribution in [3.05, 3.63) is 72.1 Å². The number of benzene rings is 1. The lowest BCUT2D eigenvalue weighted by Gasteiger charge is -2.21. The largest absolute Gasteiger partial charge is 0.445 e. The molecule has 8 heteroatoms. The molecule has 0 N–H and O–H groups in total. The molecule has 0 aliphatic carbocycles. The van der Waals surface area contributed by atoms with Crippen molar-refractivity contribution in [2.75, 3.05) is 12.8 Å². The zero-order valence-corrected chi connectivity index (χ0v) is 16.3. The lowest BCUT2D eigenvalue weighted by molar-refractivity contribution is 0.0938. The summed E-state index contributed by atoms with van der Waals surface area (Å²) >= 11 is 0. The van der Waals surface area contributed by atoms with Crippen LogP contribution in [0.3, 0.4) is 0 Å². The third-order valence-electron chi connectivity index (χ3n) is 4.27. The van der Waals surface area contributed by atoms with E-state index in [1.165, 1.54) is 4.90 Å². The van der Waals surface area contributed by atoms with Gasteiger partial charge in [-0.15, -0.1) is 0 Å². The number of hydrogen-bond donors (Lipinski definition) is 0. The van der Waals surface area contributed by atoms with Gasteiger partial charge in [0, 0.05) is 18.8 Å². The Morgan fingerprint density at radius 3 is 2.61 bits per heavy atom. The van der Waals surface area contributed by atoms with Crippen molar-refractivity contribution in [1.29, 1.82) is 0 Å². The molecule has 1 aliphatic heterocycles. The van der Waals surface area contributed by atoms with Gasteiger partial charge in [0.05, 0.1) is 24.9 Å². The van der Waals surface area contributed by atoms with Crippen molar-refractivity contribution >= 4 is 22.3 Å². The Balaban J connectivity index is 1.70. The third-order valence-corrected chi connectivity index (χ3v) is 4.89. The molecule has 0 unspecified atom stereocenters. The van der Waals surface area contributed by atoms with Gasteiger partial charge in [-0.2, -0.15) is 8.42 Å². The van der Waals surface area contributed by atoms with Crippen molar-refractivity contribution in [1.82, 2.24) is 9.88 Å². The topological polar surface area (TPSA) is 85.8 Å². The molecule has 0 spiro atoms. The van der Waals surface area contributed by atoms with Gasteiger partial charge in [0.2, 0.25) is 0 Å². The molecule has 1 aliphatic rings. The summed E-state index contributed by atoms with van der Waals surface area (Å²) in [6.07, 6.45) is 7.34. The van der Waals surface area contributed by atoms with E-state index in [-0.39, 0.29) is 19.2 Å². The molecule has 7 nitrogen and oxygen atoms in total. The molecule has 1 amide bonds. The van der Waals surface area contributed by atoms with Crippen LogP contribution in [0, 0.1) is 0 Å². The quantitative estimate of drug-likeness (QED) is 0.691. The number of likely N-dealkylation sites (tertiary alicyclic amines) is 1. The number of aromatic nitrogens is 1. The Morgan fingerprint density at radius 1 is 1.21 bits per heavy atom. The Bertz CT molecular complexity index is 916. The summed E-state index contributed by atoms with van der Waals surface area (Å²) < 4.78 is 33.5. The van der Waals surface area contributed by atoms with Crippen LogP contribution in [0.2, 0.25) is 0 Å². The van der Waals surface area contributed by atoms with Gasteiger partial charge in [0.25, 0.3) is 10.1 Å². The summed E-state index contributed by atoms with van der Waals surface area (Å²) in [4.78, 5) is 18.1. The predicted octanol–water partition coefficient (Wildman–Crippen LogP) is 2.85. The first-order valence-electron chi connectivity index (χ1n) is 8.84. The number of rotatable bonds is 6. The molecular weight excluding hydrogens is 380 g/mol. The van der Waals surface area contributed by atoms with Crippen LogP contribution in [0.25, 0.3) is 6.08 Å². The fraction of sp³-hybridized carbons (Fsp3) is 0.300. The summed E-state index contributed by atoms with van der Waals surface area (Å²) in [5.41, 5.74) is 1.81. The van der Waals surface area contributed by atoms with Gasteiger partial charge in [-0.3, -0.25) is 14.1 Å². The average Bonchev–Trinajstić information content (AvgIpc) is 3.07. The van der Waals surface area contributed by atoms with Gasteiger partial charge < -0.3 is 4.74 Å². The van der Waals surface area contributed by atoms with Crippen LogP contribution in [-0.4, -0.2) is 49.3 Å². The van der Waals surface area contributed by atoms with Crippen LogP contribution in [0.4, 0.5) is 4.79 Å². The Kier molecular flexibility index (Phi) is 6.43. The van der Waals surface area contributed by atoms with Gasteiger partial charge in [0.15, 0.2) is 0 Å². The number of amides is 1. The highest BCUT2D eigenvalue weighted by Gasteiger charge is 2.37. The molecule has 0 bridgehead atoms. The average molecular weight is 402 g/mol. The molecule has 28 heavy (non-hydrogen) atoms. The van der Waals surface area contributed by atoms with E-state index < -0.39 is 22.3 Å². The van der Waals surface area contributed by atoms with Gasteiger partial charge in [0.1, 0.15) is 6.61 Å². The zero-order valence-electron chi connectivity index (χ0n) is 15.5. The maximum Gasteiger partial charge on any atom is 0.410 e. The Hall–Kier alpha value is -2.71. The zero-order chi connectivity index (χ0) is 20.0. The minimum Gasteiger partial charge on any atom is -0.445 e. The second kappa shape index (κ2) is 8.99. The summed E-state index contributed by atoms with van der Waals surface area (Å²) in [5, 5.41) is 0. The molecule has 148 valence electrons. The highest BCUT2D eigenvalue weighted by atomic mass is 32.2. The number of pyridine rings is 1. The van der Waals surface area contributed by atoms with Crippen molar-refractivity contribution in [3.8, 4) is 0 Å². The fourth-order valence-electron chi connectivity index (χ4n) is 3.03. The van der Waals surface area contributed by atoms with E-state index >= 15 is 0 Å². The minimum atomic E-state index is -3.61. The van der Waals surface area contributed by atoms with Gasteiger partial charge in [-0.1, -0.05) is 42.5 Å². The van der Waals surface area contributed by atoms with Crippen molar-refractivity contribution in [3.63, 3.8) is 0 Å². The normalized spacial score (nSPS) is 19.8. The van der Waals surface area contributed by atoms with Crippen LogP contribution in [-0.2, 0) is 25.6 Å². The summed E-state index contributed by atoms with van der Waals surface area (Å²) in [5.74, 6) is 0. The summed E-state index contributed by atoms with van der Waals surface area (Å²) in [7, 11) is -3.61. The van der Waals surface area contributed by atoms with E-state index in [9.17, 15) is 13.2 Å². The van der Waals surface area contributed by atoms with Crippen molar-refractivity contribution in [2.45, 2.75) is 25.2 Å². The molecule has 0 saturated carbocycles. The van der Waals surface area contributed by atoms with Crippen molar-refractivity contribution in [2.24, 2.45) is 0 Å². The molecule has 2 aromatic rings. The SMILES string of the molecule is CS(=O)(=O)O[C@@H]1C[C@@H](/C=C/c2ccncc2)N(C(=O)OCc2ccccc2)C1. The van der Waals surface area contributed by atoms with Crippen LogP contribution in [0.1, 0.15) is 17.5 Å². The predicted molar refractivity (Wildman–Crippen MR) is 105 cm³/mol. The van der Waals surface area contributed by atoms with E-state index in [1.54, 1.807) is 12.4 Å². The molecule has 0 radical (unpaired) electrons. The second-order valence-electron chi connectivity index (χ2n) is 6.56. The van der Waals surface area contributed by atoms with Gasteiger partial charge in [-0.05, 0) is 23.3 Å². The van der Waals surface area contributed by atoms with E-state index in [2.05, 4.69) is 4.98 Å². The standard InChI is InChI=1S/C20H22N2O5S/c1-28(24,25)27-19-13-18(8-7-16-9-11-21-12-10-16)22(14-19)20(23)26-15-17-5-3-2-4-6-17/h2-12,18-19H,13-15H2,1H3/b8-7+/t18-,19-/m1/s1.